The summed E-state index contributed by atoms with van der Waals surface area (Å²) in [6.45, 7) is 2.24. The molecule has 156 valence electrons. The number of benzene rings is 3. The van der Waals surface area contributed by atoms with Crippen LogP contribution in [0.15, 0.2) is 77.7 Å². The Bertz CT molecular complexity index is 1040. The molecule has 1 atom stereocenters. The van der Waals surface area contributed by atoms with E-state index in [4.69, 9.17) is 12.6 Å². The molecule has 5 nitrogen and oxygen atoms in total. The predicted octanol–water partition coefficient (Wildman–Crippen LogP) is 4.40. The van der Waals surface area contributed by atoms with Gasteiger partial charge in [0, 0.05) is 17.0 Å². The molecule has 0 heterocycles. The van der Waals surface area contributed by atoms with E-state index in [0.29, 0.717) is 34.6 Å². The Morgan fingerprint density at radius 2 is 1.68 bits per heavy atom. The number of nitrogens with one attached hydrogen (secondary N) is 2. The molecule has 0 saturated carbocycles. The molecule has 3 rings (SSSR count). The Morgan fingerprint density at radius 3 is 2.32 bits per heavy atom. The van der Waals surface area contributed by atoms with Crippen molar-refractivity contribution in [2.45, 2.75) is 30.9 Å². The number of rotatable bonds is 7. The smallest absolute Gasteiger partial charge is 0.408 e. The zero-order valence-electron chi connectivity index (χ0n) is 17.2. The van der Waals surface area contributed by atoms with Gasteiger partial charge in [-0.1, -0.05) is 60.9 Å². The topological polar surface area (TPSA) is 67.4 Å². The number of anilines is 1. The molecule has 0 saturated heterocycles. The van der Waals surface area contributed by atoms with E-state index in [1.54, 1.807) is 42.5 Å². The Hall–Kier alpha value is -3.19. The third kappa shape index (κ3) is 6.39. The maximum Gasteiger partial charge on any atom is 0.408 e. The minimum Gasteiger partial charge on any atom is -0.441 e. The molecule has 2 N–H and O–H groups in total. The van der Waals surface area contributed by atoms with Gasteiger partial charge >= 0.3 is 6.09 Å². The lowest BCUT2D eigenvalue weighted by Crippen LogP contribution is -2.25. The van der Waals surface area contributed by atoms with Crippen molar-refractivity contribution >= 4 is 43.6 Å². The summed E-state index contributed by atoms with van der Waals surface area (Å²) in [4.78, 5) is 25.3. The van der Waals surface area contributed by atoms with Crippen LogP contribution in [0, 0.1) is 0 Å². The molecule has 3 aromatic rings. The SMILES string of the molecule is [B]c1ccc([C@H](CC)OC(=O)NCc2ccc(C(=O)Nc3ccccc3S)cc2)cc1. The first-order valence-electron chi connectivity index (χ1n) is 9.94. The fraction of sp³-hybridized carbons (Fsp3) is 0.167. The molecule has 0 aromatic heterocycles. The number of carbonyl (C=O) groups excluding carboxylic acids is 2. The largest absolute Gasteiger partial charge is 0.441 e. The van der Waals surface area contributed by atoms with Crippen LogP contribution in [0.25, 0.3) is 0 Å². The van der Waals surface area contributed by atoms with E-state index in [1.165, 1.54) is 0 Å². The summed E-state index contributed by atoms with van der Waals surface area (Å²) in [5.41, 5.74) is 3.57. The summed E-state index contributed by atoms with van der Waals surface area (Å²) in [7, 11) is 5.71. The molecule has 0 aliphatic rings. The molecule has 0 bridgehead atoms. The van der Waals surface area contributed by atoms with E-state index in [9.17, 15) is 9.59 Å². The highest BCUT2D eigenvalue weighted by Gasteiger charge is 2.14. The summed E-state index contributed by atoms with van der Waals surface area (Å²) in [5.74, 6) is -0.227. The minimum absolute atomic E-state index is 0.227. The van der Waals surface area contributed by atoms with Gasteiger partial charge in [-0.25, -0.2) is 4.79 Å². The lowest BCUT2D eigenvalue weighted by atomic mass is 9.94. The van der Waals surface area contributed by atoms with E-state index < -0.39 is 6.09 Å². The van der Waals surface area contributed by atoms with Crippen LogP contribution in [0.5, 0.6) is 0 Å². The van der Waals surface area contributed by atoms with Gasteiger partial charge in [0.15, 0.2) is 0 Å². The maximum absolute atomic E-state index is 12.4. The van der Waals surface area contributed by atoms with Gasteiger partial charge in [0.1, 0.15) is 14.0 Å². The number of para-hydroxylation sites is 1. The Morgan fingerprint density at radius 1 is 1.00 bits per heavy atom. The summed E-state index contributed by atoms with van der Waals surface area (Å²) in [6.07, 6.45) is -0.200. The fourth-order valence-corrected chi connectivity index (χ4v) is 3.21. The molecular formula is C24H23BN2O3S. The van der Waals surface area contributed by atoms with Crippen LogP contribution >= 0.6 is 12.6 Å². The molecule has 0 fully saturated rings. The Kier molecular flexibility index (Phi) is 7.79. The second kappa shape index (κ2) is 10.7. The standard InChI is InChI=1S/C24H23BN2O3S/c1-2-21(17-11-13-19(25)14-12-17)30-24(29)26-15-16-7-9-18(10-8-16)23(28)27-20-5-3-4-6-22(20)31/h3-14,21,31H,2,15H2,1H3,(H,26,29)(H,27,28)/t21-/m0/s1. The van der Waals surface area contributed by atoms with E-state index in [-0.39, 0.29) is 12.0 Å². The van der Waals surface area contributed by atoms with Crippen LogP contribution in [-0.2, 0) is 11.3 Å². The number of hydrogen-bond acceptors (Lipinski definition) is 4. The van der Waals surface area contributed by atoms with Crippen molar-refractivity contribution in [3.05, 3.63) is 89.5 Å². The normalized spacial score (nSPS) is 11.4. The lowest BCUT2D eigenvalue weighted by molar-refractivity contribution is 0.0946. The average Bonchev–Trinajstić information content (AvgIpc) is 2.78. The van der Waals surface area contributed by atoms with Gasteiger partial charge in [0.2, 0.25) is 0 Å². The van der Waals surface area contributed by atoms with Crippen LogP contribution in [0.4, 0.5) is 10.5 Å². The molecule has 7 heteroatoms. The number of amides is 2. The van der Waals surface area contributed by atoms with Crippen LogP contribution < -0.4 is 16.1 Å². The van der Waals surface area contributed by atoms with Gasteiger partial charge in [-0.05, 0) is 41.8 Å². The first-order valence-corrected chi connectivity index (χ1v) is 10.4. The van der Waals surface area contributed by atoms with Crippen LogP contribution in [0.3, 0.4) is 0 Å². The van der Waals surface area contributed by atoms with Crippen molar-refractivity contribution in [1.29, 1.82) is 0 Å². The zero-order chi connectivity index (χ0) is 22.2. The monoisotopic (exact) mass is 430 g/mol. The average molecular weight is 430 g/mol. The van der Waals surface area contributed by atoms with Gasteiger partial charge in [0.05, 0.1) is 5.69 Å². The zero-order valence-corrected chi connectivity index (χ0v) is 18.1. The van der Waals surface area contributed by atoms with Crippen molar-refractivity contribution in [3.8, 4) is 0 Å². The number of ether oxygens (including phenoxy) is 1. The number of carbonyl (C=O) groups is 2. The maximum atomic E-state index is 12.4. The van der Waals surface area contributed by atoms with Crippen molar-refractivity contribution in [2.24, 2.45) is 0 Å². The second-order valence-corrected chi connectivity index (χ2v) is 7.47. The molecule has 31 heavy (non-hydrogen) atoms. The van der Waals surface area contributed by atoms with E-state index in [1.807, 2.05) is 37.3 Å². The summed E-state index contributed by atoms with van der Waals surface area (Å²) in [6, 6.07) is 21.6. The quantitative estimate of drug-likeness (QED) is 0.385. The first kappa shape index (κ1) is 22.5. The van der Waals surface area contributed by atoms with Gasteiger partial charge in [0.25, 0.3) is 5.91 Å². The van der Waals surface area contributed by atoms with Crippen LogP contribution in [0.1, 0.15) is 40.9 Å². The van der Waals surface area contributed by atoms with Gasteiger partial charge in [-0.15, -0.1) is 12.6 Å². The summed E-state index contributed by atoms with van der Waals surface area (Å²) in [5, 5.41) is 5.57. The van der Waals surface area contributed by atoms with Gasteiger partial charge < -0.3 is 15.4 Å². The molecule has 2 radical (unpaired) electrons. The molecule has 3 aromatic carbocycles. The predicted molar refractivity (Wildman–Crippen MR) is 126 cm³/mol. The number of thiol groups is 1. The minimum atomic E-state index is -0.504. The molecule has 2 amide bonds. The Labute approximate surface area is 189 Å². The highest BCUT2D eigenvalue weighted by atomic mass is 32.1. The first-order chi connectivity index (χ1) is 15.0. The van der Waals surface area contributed by atoms with E-state index in [2.05, 4.69) is 23.3 Å². The van der Waals surface area contributed by atoms with Gasteiger partial charge in [-0.2, -0.15) is 0 Å². The molecular weight excluding hydrogens is 407 g/mol. The highest BCUT2D eigenvalue weighted by molar-refractivity contribution is 7.80. The molecule has 0 spiro atoms. The summed E-state index contributed by atoms with van der Waals surface area (Å²) >= 11 is 4.33. The van der Waals surface area contributed by atoms with E-state index in [0.717, 1.165) is 11.1 Å². The van der Waals surface area contributed by atoms with Gasteiger partial charge in [-0.3, -0.25) is 4.79 Å². The number of alkyl carbamates (subject to hydrolysis) is 1. The Balaban J connectivity index is 1.52. The van der Waals surface area contributed by atoms with E-state index >= 15 is 0 Å². The third-order valence-electron chi connectivity index (χ3n) is 4.73. The molecule has 0 aliphatic carbocycles. The van der Waals surface area contributed by atoms with Crippen molar-refractivity contribution in [1.82, 2.24) is 5.32 Å². The lowest BCUT2D eigenvalue weighted by Gasteiger charge is -2.17. The molecule has 0 unspecified atom stereocenters. The number of hydrogen-bond donors (Lipinski definition) is 3. The van der Waals surface area contributed by atoms with Crippen molar-refractivity contribution < 1.29 is 14.3 Å². The van der Waals surface area contributed by atoms with Crippen molar-refractivity contribution in [2.75, 3.05) is 5.32 Å². The highest BCUT2D eigenvalue weighted by Crippen LogP contribution is 2.21. The second-order valence-electron chi connectivity index (χ2n) is 6.99. The fourth-order valence-electron chi connectivity index (χ4n) is 2.99. The van der Waals surface area contributed by atoms with Crippen LogP contribution in [-0.4, -0.2) is 19.8 Å². The third-order valence-corrected chi connectivity index (χ3v) is 5.12. The summed E-state index contributed by atoms with van der Waals surface area (Å²) < 4.78 is 5.52. The van der Waals surface area contributed by atoms with Crippen LogP contribution in [0.2, 0.25) is 0 Å². The molecule has 0 aliphatic heterocycles. The van der Waals surface area contributed by atoms with Crippen molar-refractivity contribution in [3.63, 3.8) is 0 Å².